The van der Waals surface area contributed by atoms with E-state index < -0.39 is 10.2 Å². The third-order valence-electron chi connectivity index (χ3n) is 4.74. The summed E-state index contributed by atoms with van der Waals surface area (Å²) in [6.45, 7) is 4.95. The lowest BCUT2D eigenvalue weighted by atomic mass is 9.93. The van der Waals surface area contributed by atoms with Crippen molar-refractivity contribution in [1.82, 2.24) is 13.9 Å². The minimum atomic E-state index is -3.39. The molecular weight excluding hydrogens is 338 g/mol. The molecule has 0 aliphatic carbocycles. The van der Waals surface area contributed by atoms with Gasteiger partial charge < -0.3 is 5.32 Å². The van der Waals surface area contributed by atoms with Crippen molar-refractivity contribution in [3.63, 3.8) is 0 Å². The topological polar surface area (TPSA) is 69.7 Å². The molecule has 25 heavy (non-hydrogen) atoms. The minimum Gasteiger partial charge on any atom is -0.349 e. The number of piperidine rings is 1. The van der Waals surface area contributed by atoms with Gasteiger partial charge in [-0.3, -0.25) is 4.79 Å². The minimum absolute atomic E-state index is 0.0180. The number of rotatable bonds is 6. The molecule has 1 aliphatic rings. The Kier molecular flexibility index (Phi) is 6.59. The highest BCUT2D eigenvalue weighted by Gasteiger charge is 2.33. The average molecular weight is 368 g/mol. The van der Waals surface area contributed by atoms with Crippen molar-refractivity contribution >= 4 is 16.1 Å². The van der Waals surface area contributed by atoms with Crippen LogP contribution in [0.5, 0.6) is 0 Å². The van der Waals surface area contributed by atoms with E-state index in [0.29, 0.717) is 25.9 Å². The van der Waals surface area contributed by atoms with Gasteiger partial charge >= 0.3 is 0 Å². The first-order valence-corrected chi connectivity index (χ1v) is 10.2. The molecule has 0 aromatic heterocycles. The maximum Gasteiger partial charge on any atom is 0.281 e. The summed E-state index contributed by atoms with van der Waals surface area (Å²) >= 11 is 0. The molecule has 1 heterocycles. The molecule has 1 unspecified atom stereocenters. The predicted molar refractivity (Wildman–Crippen MR) is 99.1 cm³/mol. The van der Waals surface area contributed by atoms with E-state index in [1.54, 1.807) is 0 Å². The Bertz CT molecular complexity index is 666. The van der Waals surface area contributed by atoms with Crippen LogP contribution in [0.25, 0.3) is 0 Å². The van der Waals surface area contributed by atoms with Crippen molar-refractivity contribution in [2.45, 2.75) is 32.7 Å². The van der Waals surface area contributed by atoms with Gasteiger partial charge in [0.05, 0.1) is 6.04 Å². The van der Waals surface area contributed by atoms with Gasteiger partial charge in [-0.05, 0) is 24.3 Å². The van der Waals surface area contributed by atoms with Crippen LogP contribution in [0.1, 0.15) is 38.3 Å². The van der Waals surface area contributed by atoms with Gasteiger partial charge in [0.2, 0.25) is 5.91 Å². The van der Waals surface area contributed by atoms with Crippen molar-refractivity contribution in [3.05, 3.63) is 35.9 Å². The van der Waals surface area contributed by atoms with E-state index in [-0.39, 0.29) is 23.8 Å². The number of hydrogen-bond acceptors (Lipinski definition) is 3. The van der Waals surface area contributed by atoms with Crippen molar-refractivity contribution < 1.29 is 13.2 Å². The van der Waals surface area contributed by atoms with Gasteiger partial charge in [-0.2, -0.15) is 17.0 Å². The Morgan fingerprint density at radius 2 is 1.72 bits per heavy atom. The zero-order valence-corrected chi connectivity index (χ0v) is 16.3. The lowest BCUT2D eigenvalue weighted by Crippen LogP contribution is -2.47. The Morgan fingerprint density at radius 3 is 2.20 bits per heavy atom. The summed E-state index contributed by atoms with van der Waals surface area (Å²) in [7, 11) is -0.336. The smallest absolute Gasteiger partial charge is 0.281 e. The van der Waals surface area contributed by atoms with Crippen LogP contribution in [0.15, 0.2) is 30.3 Å². The molecule has 1 aromatic rings. The van der Waals surface area contributed by atoms with Crippen molar-refractivity contribution in [2.24, 2.45) is 11.8 Å². The van der Waals surface area contributed by atoms with Crippen LogP contribution in [-0.4, -0.2) is 50.1 Å². The number of carbonyl (C=O) groups is 1. The fourth-order valence-corrected chi connectivity index (χ4v) is 4.28. The monoisotopic (exact) mass is 367 g/mol. The Balaban J connectivity index is 1.98. The number of benzene rings is 1. The first-order chi connectivity index (χ1) is 11.7. The van der Waals surface area contributed by atoms with E-state index in [9.17, 15) is 13.2 Å². The fraction of sp³-hybridized carbons (Fsp3) is 0.611. The van der Waals surface area contributed by atoms with Gasteiger partial charge in [-0.25, -0.2) is 0 Å². The van der Waals surface area contributed by atoms with E-state index in [2.05, 4.69) is 19.2 Å². The maximum absolute atomic E-state index is 12.7. The quantitative estimate of drug-likeness (QED) is 0.836. The number of hydrogen-bond donors (Lipinski definition) is 1. The second-order valence-corrected chi connectivity index (χ2v) is 9.25. The summed E-state index contributed by atoms with van der Waals surface area (Å²) in [5.74, 6) is 0.156. The van der Waals surface area contributed by atoms with Crippen LogP contribution in [0.4, 0.5) is 0 Å². The van der Waals surface area contributed by atoms with E-state index in [1.165, 1.54) is 22.7 Å². The van der Waals surface area contributed by atoms with Crippen LogP contribution in [0.2, 0.25) is 0 Å². The number of carbonyl (C=O) groups excluding carboxylic acids is 1. The standard InChI is InChI=1S/C18H29N3O3S/c1-14(2)17(15-8-6-5-7-9-15)19-18(22)16-10-12-21(13-11-16)25(23,24)20(3)4/h5-9,14,16-17H,10-13H2,1-4H3,(H,19,22). The summed E-state index contributed by atoms with van der Waals surface area (Å²) in [6, 6.07) is 9.93. The average Bonchev–Trinajstić information content (AvgIpc) is 2.59. The van der Waals surface area contributed by atoms with Gasteiger partial charge in [0.1, 0.15) is 0 Å². The largest absolute Gasteiger partial charge is 0.349 e. The molecule has 0 bridgehead atoms. The Hall–Kier alpha value is -1.44. The lowest BCUT2D eigenvalue weighted by molar-refractivity contribution is -0.127. The number of nitrogens with zero attached hydrogens (tertiary/aromatic N) is 2. The molecule has 1 aromatic carbocycles. The normalized spacial score (nSPS) is 18.5. The zero-order valence-electron chi connectivity index (χ0n) is 15.5. The summed E-state index contributed by atoms with van der Waals surface area (Å²) < 4.78 is 27.0. The summed E-state index contributed by atoms with van der Waals surface area (Å²) in [4.78, 5) is 12.7. The molecule has 0 saturated carbocycles. The molecule has 6 nitrogen and oxygen atoms in total. The van der Waals surface area contributed by atoms with Gasteiger partial charge in [-0.15, -0.1) is 0 Å². The third kappa shape index (κ3) is 4.80. The molecule has 1 fully saturated rings. The predicted octanol–water partition coefficient (Wildman–Crippen LogP) is 2.02. The van der Waals surface area contributed by atoms with E-state index in [1.807, 2.05) is 30.3 Å². The summed E-state index contributed by atoms with van der Waals surface area (Å²) in [5.41, 5.74) is 1.10. The molecule has 0 spiro atoms. The molecule has 1 N–H and O–H groups in total. The van der Waals surface area contributed by atoms with E-state index in [4.69, 9.17) is 0 Å². The molecule has 1 saturated heterocycles. The molecule has 7 heteroatoms. The highest BCUT2D eigenvalue weighted by molar-refractivity contribution is 7.86. The zero-order chi connectivity index (χ0) is 18.6. The highest BCUT2D eigenvalue weighted by Crippen LogP contribution is 2.25. The molecule has 1 aliphatic heterocycles. The molecule has 1 amide bonds. The van der Waals surface area contributed by atoms with Crippen molar-refractivity contribution in [3.8, 4) is 0 Å². The SMILES string of the molecule is CC(C)C(NC(=O)C1CCN(S(=O)(=O)N(C)C)CC1)c1ccccc1. The maximum atomic E-state index is 12.7. The Morgan fingerprint density at radius 1 is 1.16 bits per heavy atom. The second-order valence-electron chi connectivity index (χ2n) is 7.10. The van der Waals surface area contributed by atoms with Gasteiger partial charge in [0.25, 0.3) is 10.2 Å². The van der Waals surface area contributed by atoms with E-state index in [0.717, 1.165) is 5.56 Å². The number of nitrogens with one attached hydrogen (secondary N) is 1. The second kappa shape index (κ2) is 8.29. The van der Waals surface area contributed by atoms with E-state index >= 15 is 0 Å². The summed E-state index contributed by atoms with van der Waals surface area (Å²) in [6.07, 6.45) is 1.11. The molecule has 140 valence electrons. The first kappa shape index (κ1) is 19.9. The molecular formula is C18H29N3O3S. The molecule has 1 atom stereocenters. The highest BCUT2D eigenvalue weighted by atomic mass is 32.2. The third-order valence-corrected chi connectivity index (χ3v) is 6.68. The van der Waals surface area contributed by atoms with Gasteiger partial charge in [0, 0.05) is 33.1 Å². The van der Waals surface area contributed by atoms with Crippen LogP contribution < -0.4 is 5.32 Å². The number of amides is 1. The van der Waals surface area contributed by atoms with Gasteiger partial charge in [0.15, 0.2) is 0 Å². The van der Waals surface area contributed by atoms with Crippen molar-refractivity contribution in [2.75, 3.05) is 27.2 Å². The molecule has 2 rings (SSSR count). The van der Waals surface area contributed by atoms with Crippen LogP contribution >= 0.6 is 0 Å². The van der Waals surface area contributed by atoms with Crippen LogP contribution in [0.3, 0.4) is 0 Å². The lowest BCUT2D eigenvalue weighted by Gasteiger charge is -2.33. The van der Waals surface area contributed by atoms with Gasteiger partial charge in [-0.1, -0.05) is 44.2 Å². The summed E-state index contributed by atoms with van der Waals surface area (Å²) in [5, 5.41) is 3.16. The van der Waals surface area contributed by atoms with Crippen LogP contribution in [-0.2, 0) is 15.0 Å². The fourth-order valence-electron chi connectivity index (χ4n) is 3.15. The molecule has 0 radical (unpaired) electrons. The van der Waals surface area contributed by atoms with Crippen LogP contribution in [0, 0.1) is 11.8 Å². The Labute approximate surface area is 151 Å². The first-order valence-electron chi connectivity index (χ1n) is 8.76. The van der Waals surface area contributed by atoms with Crippen molar-refractivity contribution in [1.29, 1.82) is 0 Å².